The first-order chi connectivity index (χ1) is 22.2. The Morgan fingerprint density at radius 2 is 1.30 bits per heavy atom. The van der Waals surface area contributed by atoms with Crippen molar-refractivity contribution in [3.8, 4) is 16.9 Å². The second-order valence-electron chi connectivity index (χ2n) is 12.2. The average Bonchev–Trinajstić information content (AvgIpc) is 3.01. The summed E-state index contributed by atoms with van der Waals surface area (Å²) in [6.45, 7) is 6.48. The SMILES string of the molecule is CC(C)(C)c1ccc(-c2ccc(C[C@@H](Nc3ccc(C(=O)CCCC(=O)O)cc3)C(=O)Nc3ccc(OC(F)(F)F)cc3)cc2)cc1. The van der Waals surface area contributed by atoms with Crippen molar-refractivity contribution < 1.29 is 37.4 Å². The molecule has 0 aromatic heterocycles. The van der Waals surface area contributed by atoms with Gasteiger partial charge in [0.05, 0.1) is 0 Å². The van der Waals surface area contributed by atoms with Gasteiger partial charge in [-0.05, 0) is 82.6 Å². The number of carboxylic acids is 1. The molecule has 0 fully saturated rings. The number of aliphatic carboxylic acids is 1. The molecule has 0 aliphatic carbocycles. The van der Waals surface area contributed by atoms with Crippen LogP contribution in [0.5, 0.6) is 5.75 Å². The number of amides is 1. The van der Waals surface area contributed by atoms with Gasteiger partial charge in [0, 0.05) is 36.2 Å². The molecule has 0 bridgehead atoms. The highest BCUT2D eigenvalue weighted by Crippen LogP contribution is 2.27. The lowest BCUT2D eigenvalue weighted by molar-refractivity contribution is -0.274. The van der Waals surface area contributed by atoms with E-state index in [1.165, 1.54) is 17.7 Å². The third-order valence-corrected chi connectivity index (χ3v) is 7.49. The number of Topliss-reactive ketones (excluding diaryl/α,β-unsaturated/α-hetero) is 1. The van der Waals surface area contributed by atoms with Gasteiger partial charge in [0.15, 0.2) is 5.78 Å². The van der Waals surface area contributed by atoms with Crippen LogP contribution < -0.4 is 15.4 Å². The Balaban J connectivity index is 1.50. The Morgan fingerprint density at radius 1 is 0.745 bits per heavy atom. The number of anilines is 2. The molecule has 0 spiro atoms. The predicted molar refractivity (Wildman–Crippen MR) is 176 cm³/mol. The van der Waals surface area contributed by atoms with Crippen molar-refractivity contribution in [2.24, 2.45) is 0 Å². The number of hydrogen-bond acceptors (Lipinski definition) is 5. The molecule has 4 aromatic rings. The summed E-state index contributed by atoms with van der Waals surface area (Å²) in [6.07, 6.45) is -4.30. The minimum absolute atomic E-state index is 0.0433. The van der Waals surface area contributed by atoms with Gasteiger partial charge in [0.2, 0.25) is 5.91 Å². The third-order valence-electron chi connectivity index (χ3n) is 7.49. The summed E-state index contributed by atoms with van der Waals surface area (Å²) in [4.78, 5) is 36.7. The quantitative estimate of drug-likeness (QED) is 0.126. The number of ketones is 1. The van der Waals surface area contributed by atoms with Gasteiger partial charge in [0.1, 0.15) is 11.8 Å². The molecule has 47 heavy (non-hydrogen) atoms. The summed E-state index contributed by atoms with van der Waals surface area (Å²) in [6, 6.07) is 26.9. The molecule has 0 radical (unpaired) electrons. The van der Waals surface area contributed by atoms with E-state index in [0.29, 0.717) is 11.3 Å². The zero-order valence-corrected chi connectivity index (χ0v) is 26.4. The average molecular weight is 647 g/mol. The number of nitrogens with one attached hydrogen (secondary N) is 2. The van der Waals surface area contributed by atoms with Crippen LogP contribution in [-0.4, -0.2) is 35.2 Å². The largest absolute Gasteiger partial charge is 0.573 e. The fraction of sp³-hybridized carbons (Fsp3) is 0.270. The van der Waals surface area contributed by atoms with Crippen molar-refractivity contribution in [3.05, 3.63) is 114 Å². The van der Waals surface area contributed by atoms with Crippen LogP contribution in [0.25, 0.3) is 11.1 Å². The summed E-state index contributed by atoms with van der Waals surface area (Å²) >= 11 is 0. The van der Waals surface area contributed by atoms with Crippen LogP contribution >= 0.6 is 0 Å². The first-order valence-electron chi connectivity index (χ1n) is 15.1. The molecule has 1 amide bonds. The van der Waals surface area contributed by atoms with Crippen LogP contribution in [0.2, 0.25) is 0 Å². The molecule has 7 nitrogen and oxygen atoms in total. The number of alkyl halides is 3. The standard InChI is InChI=1S/C37H37F3N2O5/c1-36(2,3)28-15-11-26(12-16-28)25-9-7-24(8-10-25)23-32(35(46)42-30-19-21-31(22-20-30)47-37(38,39)40)41-29-17-13-27(14-18-29)33(43)5-4-6-34(44)45/h7-22,32,41H,4-6,23H2,1-3H3,(H,42,46)(H,44,45)/t32-/m1/s1. The maximum Gasteiger partial charge on any atom is 0.573 e. The van der Waals surface area contributed by atoms with Gasteiger partial charge in [-0.3, -0.25) is 14.4 Å². The number of hydrogen-bond donors (Lipinski definition) is 3. The van der Waals surface area contributed by atoms with E-state index in [-0.39, 0.29) is 42.6 Å². The minimum Gasteiger partial charge on any atom is -0.481 e. The number of ether oxygens (including phenoxy) is 1. The zero-order chi connectivity index (χ0) is 34.2. The number of benzene rings is 4. The first-order valence-corrected chi connectivity index (χ1v) is 15.1. The molecule has 246 valence electrons. The molecule has 1 atom stereocenters. The van der Waals surface area contributed by atoms with Crippen molar-refractivity contribution in [1.29, 1.82) is 0 Å². The second kappa shape index (κ2) is 15.0. The number of carbonyl (C=O) groups excluding carboxylic acids is 2. The van der Waals surface area contributed by atoms with E-state index in [4.69, 9.17) is 5.11 Å². The highest BCUT2D eigenvalue weighted by atomic mass is 19.4. The molecule has 0 saturated heterocycles. The van der Waals surface area contributed by atoms with Gasteiger partial charge in [-0.15, -0.1) is 13.2 Å². The summed E-state index contributed by atoms with van der Waals surface area (Å²) in [7, 11) is 0. The van der Waals surface area contributed by atoms with E-state index in [9.17, 15) is 27.6 Å². The van der Waals surface area contributed by atoms with Crippen LogP contribution in [0.15, 0.2) is 97.1 Å². The fourth-order valence-corrected chi connectivity index (χ4v) is 4.91. The number of rotatable bonds is 13. The monoisotopic (exact) mass is 646 g/mol. The van der Waals surface area contributed by atoms with Crippen LogP contribution in [-0.2, 0) is 21.4 Å². The highest BCUT2D eigenvalue weighted by Gasteiger charge is 2.31. The second-order valence-corrected chi connectivity index (χ2v) is 12.2. The summed E-state index contributed by atoms with van der Waals surface area (Å²) < 4.78 is 41.6. The molecule has 3 N–H and O–H groups in total. The molecule has 10 heteroatoms. The third kappa shape index (κ3) is 10.7. The fourth-order valence-electron chi connectivity index (χ4n) is 4.91. The molecule has 0 unspecified atom stereocenters. The van der Waals surface area contributed by atoms with Gasteiger partial charge in [0.25, 0.3) is 0 Å². The topological polar surface area (TPSA) is 105 Å². The van der Waals surface area contributed by atoms with Crippen molar-refractivity contribution in [1.82, 2.24) is 0 Å². The lowest BCUT2D eigenvalue weighted by Crippen LogP contribution is -2.36. The molecule has 0 aliphatic rings. The number of carboxylic acid groups (broad SMARTS) is 1. The van der Waals surface area contributed by atoms with Gasteiger partial charge in [-0.25, -0.2) is 0 Å². The molecule has 4 rings (SSSR count). The van der Waals surface area contributed by atoms with Crippen LogP contribution in [0, 0.1) is 0 Å². The highest BCUT2D eigenvalue weighted by molar-refractivity contribution is 5.98. The van der Waals surface area contributed by atoms with E-state index >= 15 is 0 Å². The lowest BCUT2D eigenvalue weighted by atomic mass is 9.86. The Hall–Kier alpha value is -5.12. The smallest absolute Gasteiger partial charge is 0.481 e. The Kier molecular flexibility index (Phi) is 11.1. The first kappa shape index (κ1) is 34.7. The van der Waals surface area contributed by atoms with Gasteiger partial charge in [-0.2, -0.15) is 0 Å². The van der Waals surface area contributed by atoms with Crippen LogP contribution in [0.3, 0.4) is 0 Å². The van der Waals surface area contributed by atoms with Crippen LogP contribution in [0.4, 0.5) is 24.5 Å². The van der Waals surface area contributed by atoms with Crippen molar-refractivity contribution in [2.75, 3.05) is 10.6 Å². The molecular formula is C37H37F3N2O5. The summed E-state index contributed by atoms with van der Waals surface area (Å²) in [5, 5.41) is 14.8. The molecule has 0 heterocycles. The summed E-state index contributed by atoms with van der Waals surface area (Å²) in [5.74, 6) is -1.98. The Labute approximate surface area is 271 Å². The van der Waals surface area contributed by atoms with Crippen molar-refractivity contribution in [3.63, 3.8) is 0 Å². The maximum absolute atomic E-state index is 13.5. The molecule has 4 aromatic carbocycles. The summed E-state index contributed by atoms with van der Waals surface area (Å²) in [5.41, 5.74) is 5.50. The predicted octanol–water partition coefficient (Wildman–Crippen LogP) is 8.65. The normalized spacial score (nSPS) is 12.2. The molecule has 0 saturated carbocycles. The van der Waals surface area contributed by atoms with E-state index < -0.39 is 30.0 Å². The Morgan fingerprint density at radius 3 is 1.83 bits per heavy atom. The van der Waals surface area contributed by atoms with Crippen molar-refractivity contribution in [2.45, 2.75) is 64.3 Å². The van der Waals surface area contributed by atoms with E-state index in [1.54, 1.807) is 24.3 Å². The maximum atomic E-state index is 13.5. The van der Waals surface area contributed by atoms with Gasteiger partial charge >= 0.3 is 12.3 Å². The van der Waals surface area contributed by atoms with Gasteiger partial charge in [-0.1, -0.05) is 69.3 Å². The number of carbonyl (C=O) groups is 3. The zero-order valence-electron chi connectivity index (χ0n) is 26.4. The van der Waals surface area contributed by atoms with E-state index in [0.717, 1.165) is 28.8 Å². The Bertz CT molecular complexity index is 1660. The number of halogens is 3. The van der Waals surface area contributed by atoms with Gasteiger partial charge < -0.3 is 20.5 Å². The molecule has 0 aliphatic heterocycles. The van der Waals surface area contributed by atoms with Crippen LogP contribution in [0.1, 0.15) is 61.5 Å². The minimum atomic E-state index is -4.83. The van der Waals surface area contributed by atoms with Crippen molar-refractivity contribution >= 4 is 29.0 Å². The lowest BCUT2D eigenvalue weighted by Gasteiger charge is -2.21. The van der Waals surface area contributed by atoms with E-state index in [2.05, 4.69) is 60.4 Å². The van der Waals surface area contributed by atoms with E-state index in [1.807, 2.05) is 24.3 Å². The molecular weight excluding hydrogens is 609 g/mol.